The molecule has 0 bridgehead atoms. The van der Waals surface area contributed by atoms with Gasteiger partial charge in [0, 0.05) is 0 Å². The van der Waals surface area contributed by atoms with Crippen LogP contribution in [0.15, 0.2) is 0 Å². The van der Waals surface area contributed by atoms with E-state index in [1.807, 2.05) is 0 Å². The summed E-state index contributed by atoms with van der Waals surface area (Å²) < 4.78 is 115. The van der Waals surface area contributed by atoms with Gasteiger partial charge in [0.05, 0.1) is 0 Å². The summed E-state index contributed by atoms with van der Waals surface area (Å²) in [5, 5.41) is 2.70. The van der Waals surface area contributed by atoms with E-state index in [9.17, 15) is 26.3 Å². The monoisotopic (exact) mass is 704 g/mol. The van der Waals surface area contributed by atoms with Crippen LogP contribution in [0.5, 0.6) is 0 Å². The fraction of sp³-hybridized carbons (Fsp3) is 1.00. The van der Waals surface area contributed by atoms with Gasteiger partial charge in [-0.3, -0.25) is 9.11 Å². The molecule has 0 aromatic rings. The zero-order valence-corrected chi connectivity index (χ0v) is 31.9. The van der Waals surface area contributed by atoms with E-state index in [1.54, 1.807) is 0 Å². The normalized spacial score (nSPS) is 14.8. The van der Waals surface area contributed by atoms with E-state index in [-0.39, 0.29) is 15.8 Å². The van der Waals surface area contributed by atoms with Gasteiger partial charge >= 0.3 is 31.3 Å². The Morgan fingerprint density at radius 2 is 0.429 bits per heavy atom. The minimum atomic E-state index is -5.84. The lowest BCUT2D eigenvalue weighted by Gasteiger charge is -2.49. The third-order valence-corrected chi connectivity index (χ3v) is 13.8. The maximum Gasteiger partial charge on any atom is 0.522 e. The predicted octanol–water partition coefficient (Wildman–Crippen LogP) is 10.5. The summed E-state index contributed by atoms with van der Waals surface area (Å²) in [4.78, 5) is 0. The Labute approximate surface area is 254 Å². The Morgan fingerprint density at radius 1 is 0.357 bits per heavy atom. The maximum atomic E-state index is 10.7. The lowest BCUT2D eigenvalue weighted by molar-refractivity contribution is -0.0514. The average molecular weight is 705 g/mol. The van der Waals surface area contributed by atoms with E-state index in [0.717, 1.165) is 0 Å². The van der Waals surface area contributed by atoms with E-state index in [2.05, 4.69) is 125 Å². The molecule has 16 heteroatoms. The molecule has 0 spiro atoms. The highest BCUT2D eigenvalue weighted by Gasteiger charge is 2.45. The molecule has 2 N–H and O–H groups in total. The highest BCUT2D eigenvalue weighted by Crippen LogP contribution is 2.67. The van der Waals surface area contributed by atoms with Gasteiger partial charge in [0.15, 0.2) is 0 Å². The molecule has 0 radical (unpaired) electrons. The van der Waals surface area contributed by atoms with Gasteiger partial charge in [-0.05, 0) is 30.9 Å². The van der Waals surface area contributed by atoms with Crippen LogP contribution < -0.4 is 0 Å². The van der Waals surface area contributed by atoms with Gasteiger partial charge in [0.25, 0.3) is 0 Å². The van der Waals surface area contributed by atoms with E-state index < -0.39 is 31.3 Å². The van der Waals surface area contributed by atoms with Crippen molar-refractivity contribution in [3.63, 3.8) is 0 Å². The summed E-state index contributed by atoms with van der Waals surface area (Å²) in [5.74, 6) is 0. The topological polar surface area (TPSA) is 109 Å². The van der Waals surface area contributed by atoms with Gasteiger partial charge in [0.2, 0.25) is 0 Å². The standard InChI is InChI=1S/2C12H27P.2CHF3O3S/c2*1-10(2,3)13(11(4,5)6)12(7,8)9;2*2-1(3,4)8(5,6)7/h2*1-9H3;2*(H,5,6,7). The van der Waals surface area contributed by atoms with Crippen LogP contribution in [0.4, 0.5) is 26.3 Å². The predicted molar refractivity (Wildman–Crippen MR) is 168 cm³/mol. The summed E-state index contributed by atoms with van der Waals surface area (Å²) in [5.41, 5.74) is -11.1. The molecule has 0 saturated carbocycles. The molecular formula is C26H56F6O6P2S2. The first-order valence-corrected chi connectivity index (χ1v) is 18.5. The minimum Gasteiger partial charge on any atom is -0.279 e. The van der Waals surface area contributed by atoms with E-state index in [1.165, 1.54) is 0 Å². The summed E-state index contributed by atoms with van der Waals surface area (Å²) in [7, 11) is -11.6. The first-order chi connectivity index (χ1) is 17.2. The molecule has 0 aliphatic rings. The maximum absolute atomic E-state index is 10.7. The Balaban J connectivity index is -0.000000235. The van der Waals surface area contributed by atoms with Crippen molar-refractivity contribution in [3.8, 4) is 0 Å². The van der Waals surface area contributed by atoms with Gasteiger partial charge < -0.3 is 0 Å². The van der Waals surface area contributed by atoms with Crippen LogP contribution in [0, 0.1) is 0 Å². The van der Waals surface area contributed by atoms with Gasteiger partial charge in [-0.25, -0.2) is 0 Å². The van der Waals surface area contributed by atoms with Crippen LogP contribution in [-0.4, -0.2) is 67.9 Å². The number of rotatable bonds is 0. The second kappa shape index (κ2) is 15.2. The van der Waals surface area contributed by atoms with Crippen LogP contribution in [0.2, 0.25) is 0 Å². The largest absolute Gasteiger partial charge is 0.522 e. The molecule has 0 heterocycles. The van der Waals surface area contributed by atoms with Crippen molar-refractivity contribution >= 4 is 36.1 Å². The van der Waals surface area contributed by atoms with Crippen molar-refractivity contribution in [2.75, 3.05) is 0 Å². The quantitative estimate of drug-likeness (QED) is 0.112. The summed E-state index contributed by atoms with van der Waals surface area (Å²) in [6.45, 7) is 42.9. The molecule has 0 amide bonds. The summed E-state index contributed by atoms with van der Waals surface area (Å²) >= 11 is 0. The van der Waals surface area contributed by atoms with Crippen molar-refractivity contribution < 1.29 is 52.3 Å². The molecular weight excluding hydrogens is 648 g/mol. The molecule has 260 valence electrons. The van der Waals surface area contributed by atoms with Crippen LogP contribution in [0.3, 0.4) is 0 Å². The summed E-state index contributed by atoms with van der Waals surface area (Å²) in [6.07, 6.45) is 0. The zero-order valence-electron chi connectivity index (χ0n) is 28.5. The molecule has 0 fully saturated rings. The molecule has 0 saturated heterocycles. The van der Waals surface area contributed by atoms with Crippen molar-refractivity contribution in [2.45, 2.75) is 167 Å². The molecule has 0 rings (SSSR count). The van der Waals surface area contributed by atoms with Crippen LogP contribution >= 0.6 is 15.8 Å². The van der Waals surface area contributed by atoms with Crippen LogP contribution in [0.25, 0.3) is 0 Å². The Hall–Kier alpha value is 0.260. The van der Waals surface area contributed by atoms with Crippen molar-refractivity contribution in [3.05, 3.63) is 0 Å². The molecule has 0 unspecified atom stereocenters. The Kier molecular flexibility index (Phi) is 17.8. The van der Waals surface area contributed by atoms with Crippen molar-refractivity contribution in [1.82, 2.24) is 0 Å². The number of hydrogen-bond donors (Lipinski definition) is 2. The smallest absolute Gasteiger partial charge is 0.279 e. The highest BCUT2D eigenvalue weighted by molar-refractivity contribution is 7.86. The minimum absolute atomic E-state index is 0.0162. The van der Waals surface area contributed by atoms with Crippen LogP contribution in [0.1, 0.15) is 125 Å². The Morgan fingerprint density at radius 3 is 0.429 bits per heavy atom. The SMILES string of the molecule is CC(C)(C)P(C(C)(C)C)C(C)(C)C.CC(C)(C)P(C(C)(C)C)C(C)(C)C.O=S(=O)(O)C(F)(F)F.O=S(=O)(O)C(F)(F)F. The van der Waals surface area contributed by atoms with Crippen LogP contribution in [-0.2, 0) is 20.2 Å². The molecule has 0 atom stereocenters. The lowest BCUT2D eigenvalue weighted by Crippen LogP contribution is -2.34. The summed E-state index contributed by atoms with van der Waals surface area (Å²) in [6, 6.07) is 0. The molecule has 42 heavy (non-hydrogen) atoms. The molecule has 0 aromatic heterocycles. The van der Waals surface area contributed by atoms with Crippen molar-refractivity contribution in [2.24, 2.45) is 0 Å². The van der Waals surface area contributed by atoms with Gasteiger partial charge in [-0.15, -0.1) is 0 Å². The second-order valence-electron chi connectivity index (χ2n) is 15.5. The molecule has 6 nitrogen and oxygen atoms in total. The fourth-order valence-corrected chi connectivity index (χ4v) is 18.1. The second-order valence-corrected chi connectivity index (χ2v) is 27.8. The van der Waals surface area contributed by atoms with Gasteiger partial charge in [0.1, 0.15) is 0 Å². The Bertz CT molecular complexity index is 865. The number of alkyl halides is 6. The molecule has 0 aliphatic carbocycles. The first-order valence-electron chi connectivity index (χ1n) is 12.9. The highest BCUT2D eigenvalue weighted by atomic mass is 32.2. The van der Waals surface area contributed by atoms with Gasteiger partial charge in [-0.1, -0.05) is 140 Å². The number of hydrogen-bond acceptors (Lipinski definition) is 4. The molecule has 0 aromatic carbocycles. The third-order valence-electron chi connectivity index (χ3n) is 4.61. The fourth-order valence-electron chi connectivity index (χ4n) is 6.04. The van der Waals surface area contributed by atoms with E-state index in [4.69, 9.17) is 25.9 Å². The number of halogens is 6. The zero-order chi connectivity index (χ0) is 36.2. The first kappa shape index (κ1) is 49.1. The van der Waals surface area contributed by atoms with Gasteiger partial charge in [-0.2, -0.15) is 43.2 Å². The average Bonchev–Trinajstić information content (AvgIpc) is 2.41. The van der Waals surface area contributed by atoms with Crippen molar-refractivity contribution in [1.29, 1.82) is 0 Å². The van der Waals surface area contributed by atoms with E-state index in [0.29, 0.717) is 30.9 Å². The van der Waals surface area contributed by atoms with E-state index >= 15 is 0 Å². The lowest BCUT2D eigenvalue weighted by atomic mass is 10.2. The molecule has 0 aliphatic heterocycles. The third kappa shape index (κ3) is 21.1.